The van der Waals surface area contributed by atoms with Crippen LogP contribution < -0.4 is 0 Å². The molecule has 0 saturated carbocycles. The fourth-order valence-corrected chi connectivity index (χ4v) is 1.01. The van der Waals surface area contributed by atoms with E-state index in [1.807, 2.05) is 19.9 Å². The smallest absolute Gasteiger partial charge is 0.306 e. The van der Waals surface area contributed by atoms with Crippen LogP contribution in [0.2, 0.25) is 0 Å². The number of hydrogen-bond acceptors (Lipinski definition) is 3. The van der Waals surface area contributed by atoms with Gasteiger partial charge in [0.15, 0.2) is 0 Å². The van der Waals surface area contributed by atoms with Gasteiger partial charge in [-0.3, -0.25) is 9.59 Å². The summed E-state index contributed by atoms with van der Waals surface area (Å²) >= 11 is 0. The van der Waals surface area contributed by atoms with Crippen molar-refractivity contribution < 1.29 is 19.4 Å². The van der Waals surface area contributed by atoms with E-state index in [-0.39, 0.29) is 18.5 Å². The van der Waals surface area contributed by atoms with Gasteiger partial charge in [0.25, 0.3) is 0 Å². The standard InChI is InChI=1S/C12H20O4/c1-3-10(2)16-12(15)9-7-5-4-6-8-11(13)14/h4-5,10H,3,6-9H2,1-2H3,(H,13,14). The van der Waals surface area contributed by atoms with Gasteiger partial charge in [0.05, 0.1) is 6.10 Å². The number of hydrogen-bond donors (Lipinski definition) is 1. The van der Waals surface area contributed by atoms with Gasteiger partial charge >= 0.3 is 11.9 Å². The van der Waals surface area contributed by atoms with Crippen LogP contribution in [0, 0.1) is 0 Å². The molecule has 0 saturated heterocycles. The molecule has 0 spiro atoms. The Hall–Kier alpha value is -1.32. The minimum atomic E-state index is -0.805. The lowest BCUT2D eigenvalue weighted by atomic mass is 10.2. The molecular weight excluding hydrogens is 208 g/mol. The quantitative estimate of drug-likeness (QED) is 0.512. The Labute approximate surface area is 96.3 Å². The molecule has 1 N–H and O–H groups in total. The number of ether oxygens (including phenoxy) is 1. The van der Waals surface area contributed by atoms with Crippen molar-refractivity contribution in [3.63, 3.8) is 0 Å². The number of aliphatic carboxylic acids is 1. The molecular formula is C12H20O4. The summed E-state index contributed by atoms with van der Waals surface area (Å²) in [6, 6.07) is 0. The first kappa shape index (κ1) is 14.7. The molecule has 1 unspecified atom stereocenters. The van der Waals surface area contributed by atoms with Gasteiger partial charge in [-0.2, -0.15) is 0 Å². The molecule has 4 heteroatoms. The lowest BCUT2D eigenvalue weighted by Gasteiger charge is -2.09. The van der Waals surface area contributed by atoms with Crippen LogP contribution in [0.15, 0.2) is 12.2 Å². The van der Waals surface area contributed by atoms with Crippen molar-refractivity contribution in [3.05, 3.63) is 12.2 Å². The SMILES string of the molecule is CCC(C)OC(=O)CCC=CCCC(=O)O. The van der Waals surface area contributed by atoms with Crippen LogP contribution in [-0.2, 0) is 14.3 Å². The lowest BCUT2D eigenvalue weighted by Crippen LogP contribution is -2.13. The topological polar surface area (TPSA) is 63.6 Å². The molecule has 0 aromatic rings. The molecule has 0 rings (SSSR count). The van der Waals surface area contributed by atoms with E-state index in [1.54, 1.807) is 6.08 Å². The summed E-state index contributed by atoms with van der Waals surface area (Å²) < 4.78 is 5.08. The largest absolute Gasteiger partial charge is 0.481 e. The summed E-state index contributed by atoms with van der Waals surface area (Å²) in [6.07, 6.45) is 6.00. The summed E-state index contributed by atoms with van der Waals surface area (Å²) in [5.74, 6) is -1.00. The number of carbonyl (C=O) groups is 2. The maximum Gasteiger partial charge on any atom is 0.306 e. The summed E-state index contributed by atoms with van der Waals surface area (Å²) in [7, 11) is 0. The number of carboxylic acids is 1. The molecule has 0 aliphatic carbocycles. The van der Waals surface area contributed by atoms with Gasteiger partial charge in [-0.25, -0.2) is 0 Å². The summed E-state index contributed by atoms with van der Waals surface area (Å²) in [5, 5.41) is 8.38. The Morgan fingerprint density at radius 1 is 1.25 bits per heavy atom. The monoisotopic (exact) mass is 228 g/mol. The number of esters is 1. The van der Waals surface area contributed by atoms with E-state index < -0.39 is 5.97 Å². The zero-order chi connectivity index (χ0) is 12.4. The normalized spacial score (nSPS) is 12.6. The Morgan fingerprint density at radius 2 is 1.81 bits per heavy atom. The molecule has 0 aliphatic rings. The average Bonchev–Trinajstić information content (AvgIpc) is 2.22. The average molecular weight is 228 g/mol. The molecule has 4 nitrogen and oxygen atoms in total. The van der Waals surface area contributed by atoms with E-state index in [0.717, 1.165) is 6.42 Å². The predicted octanol–water partition coefficient (Wildman–Crippen LogP) is 2.53. The van der Waals surface area contributed by atoms with Gasteiger partial charge in [-0.1, -0.05) is 19.1 Å². The van der Waals surface area contributed by atoms with Crippen LogP contribution in [0.1, 0.15) is 46.0 Å². The number of allylic oxidation sites excluding steroid dienone is 2. The summed E-state index contributed by atoms with van der Waals surface area (Å²) in [5.41, 5.74) is 0. The van der Waals surface area contributed by atoms with Gasteiger partial charge < -0.3 is 9.84 Å². The van der Waals surface area contributed by atoms with E-state index >= 15 is 0 Å². The lowest BCUT2D eigenvalue weighted by molar-refractivity contribution is -0.148. The third-order valence-corrected chi connectivity index (χ3v) is 2.11. The number of rotatable bonds is 8. The van der Waals surface area contributed by atoms with Gasteiger partial charge in [0.1, 0.15) is 0 Å². The molecule has 0 aliphatic heterocycles. The first-order chi connectivity index (χ1) is 7.56. The molecule has 0 bridgehead atoms. The summed E-state index contributed by atoms with van der Waals surface area (Å²) in [4.78, 5) is 21.4. The fraction of sp³-hybridized carbons (Fsp3) is 0.667. The van der Waals surface area contributed by atoms with Crippen molar-refractivity contribution in [1.82, 2.24) is 0 Å². The maximum atomic E-state index is 11.2. The van der Waals surface area contributed by atoms with Crippen molar-refractivity contribution in [2.75, 3.05) is 0 Å². The Balaban J connectivity index is 3.50. The highest BCUT2D eigenvalue weighted by Gasteiger charge is 2.05. The number of carboxylic acid groups (broad SMARTS) is 1. The third-order valence-electron chi connectivity index (χ3n) is 2.11. The van der Waals surface area contributed by atoms with Crippen LogP contribution in [0.25, 0.3) is 0 Å². The van der Waals surface area contributed by atoms with E-state index in [4.69, 9.17) is 9.84 Å². The van der Waals surface area contributed by atoms with Crippen LogP contribution in [0.5, 0.6) is 0 Å². The van der Waals surface area contributed by atoms with Crippen LogP contribution in [0.4, 0.5) is 0 Å². The Bertz CT molecular complexity index is 245. The van der Waals surface area contributed by atoms with E-state index in [1.165, 1.54) is 0 Å². The van der Waals surface area contributed by atoms with Gasteiger partial charge in [0, 0.05) is 12.8 Å². The third kappa shape index (κ3) is 9.24. The highest BCUT2D eigenvalue weighted by atomic mass is 16.5. The minimum Gasteiger partial charge on any atom is -0.481 e. The van der Waals surface area contributed by atoms with Gasteiger partial charge in [0.2, 0.25) is 0 Å². The molecule has 0 amide bonds. The zero-order valence-electron chi connectivity index (χ0n) is 9.94. The van der Waals surface area contributed by atoms with Crippen LogP contribution in [-0.4, -0.2) is 23.1 Å². The second-order valence-electron chi connectivity index (χ2n) is 3.65. The predicted molar refractivity (Wildman–Crippen MR) is 61.1 cm³/mol. The molecule has 0 fully saturated rings. The molecule has 0 aromatic carbocycles. The summed E-state index contributed by atoms with van der Waals surface area (Å²) in [6.45, 7) is 3.82. The maximum absolute atomic E-state index is 11.2. The Kier molecular flexibility index (Phi) is 8.21. The van der Waals surface area contributed by atoms with Crippen LogP contribution in [0.3, 0.4) is 0 Å². The molecule has 0 aromatic heterocycles. The van der Waals surface area contributed by atoms with Crippen molar-refractivity contribution in [2.24, 2.45) is 0 Å². The highest BCUT2D eigenvalue weighted by molar-refractivity contribution is 5.69. The molecule has 16 heavy (non-hydrogen) atoms. The van der Waals surface area contributed by atoms with E-state index in [0.29, 0.717) is 19.3 Å². The van der Waals surface area contributed by atoms with Crippen molar-refractivity contribution in [3.8, 4) is 0 Å². The first-order valence-electron chi connectivity index (χ1n) is 5.62. The molecule has 0 heterocycles. The van der Waals surface area contributed by atoms with Crippen molar-refractivity contribution in [1.29, 1.82) is 0 Å². The second-order valence-corrected chi connectivity index (χ2v) is 3.65. The molecule has 1 atom stereocenters. The van der Waals surface area contributed by atoms with Crippen molar-refractivity contribution >= 4 is 11.9 Å². The van der Waals surface area contributed by atoms with Gasteiger partial charge in [-0.15, -0.1) is 0 Å². The first-order valence-corrected chi connectivity index (χ1v) is 5.62. The van der Waals surface area contributed by atoms with Crippen molar-refractivity contribution in [2.45, 2.75) is 52.1 Å². The molecule has 0 radical (unpaired) electrons. The van der Waals surface area contributed by atoms with Crippen LogP contribution >= 0.6 is 0 Å². The molecule has 92 valence electrons. The zero-order valence-corrected chi connectivity index (χ0v) is 9.94. The second kappa shape index (κ2) is 8.95. The fourth-order valence-electron chi connectivity index (χ4n) is 1.01. The Morgan fingerprint density at radius 3 is 2.31 bits per heavy atom. The van der Waals surface area contributed by atoms with E-state index in [9.17, 15) is 9.59 Å². The number of carbonyl (C=O) groups excluding carboxylic acids is 1. The van der Waals surface area contributed by atoms with Gasteiger partial charge in [-0.05, 0) is 26.2 Å². The van der Waals surface area contributed by atoms with E-state index in [2.05, 4.69) is 0 Å². The highest BCUT2D eigenvalue weighted by Crippen LogP contribution is 2.02. The minimum absolute atomic E-state index is 0.0245.